The van der Waals surface area contributed by atoms with Crippen molar-refractivity contribution < 1.29 is 4.79 Å². The number of hydrogen-bond donors (Lipinski definition) is 1. The molecule has 1 saturated heterocycles. The van der Waals surface area contributed by atoms with Crippen LogP contribution in [-0.2, 0) is 0 Å². The number of nitrogens with zero attached hydrogens (tertiary/aromatic N) is 3. The van der Waals surface area contributed by atoms with Crippen LogP contribution < -0.4 is 0 Å². The van der Waals surface area contributed by atoms with E-state index in [1.807, 2.05) is 46.2 Å². The van der Waals surface area contributed by atoms with Crippen LogP contribution in [0.5, 0.6) is 0 Å². The van der Waals surface area contributed by atoms with Crippen LogP contribution in [0.4, 0.5) is 0 Å². The van der Waals surface area contributed by atoms with E-state index >= 15 is 0 Å². The van der Waals surface area contributed by atoms with Gasteiger partial charge in [-0.05, 0) is 40.5 Å². The second-order valence-electron chi connectivity index (χ2n) is 5.58. The second kappa shape index (κ2) is 5.28. The van der Waals surface area contributed by atoms with Gasteiger partial charge in [0.25, 0.3) is 5.91 Å². The number of amides is 1. The summed E-state index contributed by atoms with van der Waals surface area (Å²) in [6.07, 6.45) is 6.55. The first-order chi connectivity index (χ1) is 10.7. The summed E-state index contributed by atoms with van der Waals surface area (Å²) >= 11 is 3.42. The van der Waals surface area contributed by atoms with E-state index in [0.29, 0.717) is 6.54 Å². The molecule has 1 amide bonds. The van der Waals surface area contributed by atoms with E-state index in [4.69, 9.17) is 0 Å². The Bertz CT molecular complexity index is 837. The van der Waals surface area contributed by atoms with Crippen molar-refractivity contribution in [2.24, 2.45) is 0 Å². The van der Waals surface area contributed by atoms with Crippen molar-refractivity contribution in [2.75, 3.05) is 13.1 Å². The van der Waals surface area contributed by atoms with E-state index in [1.165, 1.54) is 0 Å². The van der Waals surface area contributed by atoms with Gasteiger partial charge in [0.2, 0.25) is 0 Å². The predicted octanol–water partition coefficient (Wildman–Crippen LogP) is 3.21. The van der Waals surface area contributed by atoms with E-state index in [2.05, 4.69) is 26.0 Å². The fraction of sp³-hybridized carbons (Fsp3) is 0.250. The number of hydrogen-bond acceptors (Lipinski definition) is 2. The Morgan fingerprint density at radius 2 is 2.27 bits per heavy atom. The van der Waals surface area contributed by atoms with Crippen LogP contribution in [0.2, 0.25) is 0 Å². The SMILES string of the molecule is O=C(c1cccc2[nH]ccc12)N1CCC(n2cc(Br)cn2)C1. The lowest BCUT2D eigenvalue weighted by molar-refractivity contribution is 0.0789. The Kier molecular flexibility index (Phi) is 3.26. The number of benzene rings is 1. The molecule has 1 aromatic carbocycles. The third-order valence-electron chi connectivity index (χ3n) is 4.22. The van der Waals surface area contributed by atoms with Crippen molar-refractivity contribution >= 4 is 32.7 Å². The maximum atomic E-state index is 12.8. The Morgan fingerprint density at radius 1 is 1.36 bits per heavy atom. The molecule has 1 fully saturated rings. The zero-order valence-corrected chi connectivity index (χ0v) is 13.5. The lowest BCUT2D eigenvalue weighted by Gasteiger charge is -2.17. The Balaban J connectivity index is 1.58. The topological polar surface area (TPSA) is 53.9 Å². The molecule has 0 radical (unpaired) electrons. The molecule has 1 aliphatic heterocycles. The number of carbonyl (C=O) groups is 1. The molecule has 1 atom stereocenters. The first kappa shape index (κ1) is 13.6. The number of likely N-dealkylation sites (tertiary alicyclic amines) is 1. The van der Waals surface area contributed by atoms with Crippen LogP contribution in [0.25, 0.3) is 10.9 Å². The van der Waals surface area contributed by atoms with E-state index in [-0.39, 0.29) is 11.9 Å². The van der Waals surface area contributed by atoms with Crippen LogP contribution in [0.1, 0.15) is 22.8 Å². The summed E-state index contributed by atoms with van der Waals surface area (Å²) < 4.78 is 2.91. The minimum absolute atomic E-state index is 0.0962. The summed E-state index contributed by atoms with van der Waals surface area (Å²) in [5.74, 6) is 0.0962. The molecule has 0 aliphatic carbocycles. The van der Waals surface area contributed by atoms with Crippen molar-refractivity contribution in [3.05, 3.63) is 52.9 Å². The van der Waals surface area contributed by atoms with Crippen molar-refractivity contribution in [1.29, 1.82) is 0 Å². The zero-order valence-electron chi connectivity index (χ0n) is 11.9. The zero-order chi connectivity index (χ0) is 15.1. The molecule has 4 rings (SSSR count). The molecular weight excluding hydrogens is 344 g/mol. The summed E-state index contributed by atoms with van der Waals surface area (Å²) in [6, 6.07) is 8.02. The molecule has 3 aromatic rings. The first-order valence-electron chi connectivity index (χ1n) is 7.27. The van der Waals surface area contributed by atoms with Gasteiger partial charge in [-0.25, -0.2) is 0 Å². The summed E-state index contributed by atoms with van der Waals surface area (Å²) in [4.78, 5) is 17.9. The monoisotopic (exact) mass is 358 g/mol. The molecule has 5 nitrogen and oxygen atoms in total. The van der Waals surface area contributed by atoms with E-state index in [1.54, 1.807) is 6.20 Å². The van der Waals surface area contributed by atoms with Gasteiger partial charge in [-0.1, -0.05) is 6.07 Å². The smallest absolute Gasteiger partial charge is 0.254 e. The van der Waals surface area contributed by atoms with Gasteiger partial charge in [0.15, 0.2) is 0 Å². The summed E-state index contributed by atoms with van der Waals surface area (Å²) in [7, 11) is 0. The van der Waals surface area contributed by atoms with E-state index in [0.717, 1.165) is 33.9 Å². The van der Waals surface area contributed by atoms with Crippen LogP contribution >= 0.6 is 15.9 Å². The standard InChI is InChI=1S/C16H15BrN4O/c17-11-8-19-21(9-11)12-5-7-20(10-12)16(22)14-2-1-3-15-13(14)4-6-18-15/h1-4,6,8-9,12,18H,5,7,10H2. The highest BCUT2D eigenvalue weighted by atomic mass is 79.9. The van der Waals surface area contributed by atoms with Gasteiger partial charge >= 0.3 is 0 Å². The summed E-state index contributed by atoms with van der Waals surface area (Å²) in [5, 5.41) is 5.32. The van der Waals surface area contributed by atoms with Crippen molar-refractivity contribution in [2.45, 2.75) is 12.5 Å². The lowest BCUT2D eigenvalue weighted by Crippen LogP contribution is -2.29. The molecule has 0 spiro atoms. The van der Waals surface area contributed by atoms with Crippen LogP contribution in [0, 0.1) is 0 Å². The number of H-pyrrole nitrogens is 1. The number of aromatic nitrogens is 3. The lowest BCUT2D eigenvalue weighted by atomic mass is 10.1. The van der Waals surface area contributed by atoms with Crippen molar-refractivity contribution in [1.82, 2.24) is 19.7 Å². The van der Waals surface area contributed by atoms with Gasteiger partial charge in [0.05, 0.1) is 16.7 Å². The van der Waals surface area contributed by atoms with E-state index < -0.39 is 0 Å². The van der Waals surface area contributed by atoms with E-state index in [9.17, 15) is 4.79 Å². The van der Waals surface area contributed by atoms with Crippen molar-refractivity contribution in [3.8, 4) is 0 Å². The molecule has 2 aromatic heterocycles. The Morgan fingerprint density at radius 3 is 3.09 bits per heavy atom. The fourth-order valence-corrected chi connectivity index (χ4v) is 3.40. The molecule has 0 bridgehead atoms. The average molecular weight is 359 g/mol. The highest BCUT2D eigenvalue weighted by molar-refractivity contribution is 9.10. The largest absolute Gasteiger partial charge is 0.361 e. The number of rotatable bonds is 2. The van der Waals surface area contributed by atoms with Gasteiger partial charge in [-0.15, -0.1) is 0 Å². The van der Waals surface area contributed by atoms with Gasteiger partial charge in [0, 0.05) is 41.9 Å². The number of nitrogens with one attached hydrogen (secondary N) is 1. The highest BCUT2D eigenvalue weighted by Crippen LogP contribution is 2.26. The number of aromatic amines is 1. The molecule has 0 saturated carbocycles. The van der Waals surface area contributed by atoms with Crippen LogP contribution in [-0.4, -0.2) is 38.7 Å². The number of halogens is 1. The summed E-state index contributed by atoms with van der Waals surface area (Å²) in [6.45, 7) is 1.47. The third kappa shape index (κ3) is 2.23. The fourth-order valence-electron chi connectivity index (χ4n) is 3.10. The molecular formula is C16H15BrN4O. The maximum absolute atomic E-state index is 12.8. The normalized spacial score (nSPS) is 18.2. The number of carbonyl (C=O) groups excluding carboxylic acids is 1. The molecule has 6 heteroatoms. The molecule has 1 unspecified atom stereocenters. The Hall–Kier alpha value is -2.08. The first-order valence-corrected chi connectivity index (χ1v) is 8.07. The van der Waals surface area contributed by atoms with Gasteiger partial charge in [-0.2, -0.15) is 5.10 Å². The minimum atomic E-state index is 0.0962. The maximum Gasteiger partial charge on any atom is 0.254 e. The average Bonchev–Trinajstić information content (AvgIpc) is 3.25. The minimum Gasteiger partial charge on any atom is -0.361 e. The highest BCUT2D eigenvalue weighted by Gasteiger charge is 2.29. The van der Waals surface area contributed by atoms with Gasteiger partial charge in [0.1, 0.15) is 0 Å². The third-order valence-corrected chi connectivity index (χ3v) is 4.63. The van der Waals surface area contributed by atoms with Crippen molar-refractivity contribution in [3.63, 3.8) is 0 Å². The molecule has 1 N–H and O–H groups in total. The molecule has 22 heavy (non-hydrogen) atoms. The molecule has 1 aliphatic rings. The Labute approximate surface area is 136 Å². The molecule has 3 heterocycles. The second-order valence-corrected chi connectivity index (χ2v) is 6.49. The molecule has 112 valence electrons. The quantitative estimate of drug-likeness (QED) is 0.764. The number of fused-ring (bicyclic) bond motifs is 1. The van der Waals surface area contributed by atoms with Crippen LogP contribution in [0.3, 0.4) is 0 Å². The predicted molar refractivity (Wildman–Crippen MR) is 87.8 cm³/mol. The van der Waals surface area contributed by atoms with Gasteiger partial charge < -0.3 is 9.88 Å². The van der Waals surface area contributed by atoms with Gasteiger partial charge in [-0.3, -0.25) is 9.48 Å². The van der Waals surface area contributed by atoms with Crippen LogP contribution in [0.15, 0.2) is 47.3 Å². The summed E-state index contributed by atoms with van der Waals surface area (Å²) in [5.41, 5.74) is 1.76.